The molecule has 4 rings (SSSR count). The Bertz CT molecular complexity index is 1050. The van der Waals surface area contributed by atoms with Crippen molar-refractivity contribution in [1.29, 1.82) is 0 Å². The van der Waals surface area contributed by atoms with Crippen LogP contribution in [0.4, 0.5) is 5.69 Å². The summed E-state index contributed by atoms with van der Waals surface area (Å²) in [6.07, 6.45) is 3.33. The third-order valence-electron chi connectivity index (χ3n) is 6.46. The Hall–Kier alpha value is -3.12. The second-order valence-corrected chi connectivity index (χ2v) is 8.41. The van der Waals surface area contributed by atoms with E-state index in [0.717, 1.165) is 43.3 Å². The molecule has 1 atom stereocenters. The number of rotatable bonds is 6. The number of likely N-dealkylation sites (tertiary alicyclic amines) is 1. The molecule has 3 N–H and O–H groups in total. The molecular weight excluding hydrogens is 390 g/mol. The zero-order valence-electron chi connectivity index (χ0n) is 18.1. The van der Waals surface area contributed by atoms with Crippen LogP contribution < -0.4 is 10.2 Å². The fourth-order valence-electron chi connectivity index (χ4n) is 4.58. The van der Waals surface area contributed by atoms with Gasteiger partial charge in [0.25, 0.3) is 5.91 Å². The van der Waals surface area contributed by atoms with Gasteiger partial charge in [-0.3, -0.25) is 4.79 Å². The molecule has 0 aliphatic carbocycles. The number of piperidine rings is 1. The van der Waals surface area contributed by atoms with Gasteiger partial charge in [-0.1, -0.05) is 48.5 Å². The summed E-state index contributed by atoms with van der Waals surface area (Å²) in [4.78, 5) is 29.7. The van der Waals surface area contributed by atoms with E-state index >= 15 is 0 Å². The van der Waals surface area contributed by atoms with Crippen molar-refractivity contribution in [2.24, 2.45) is 5.92 Å². The van der Waals surface area contributed by atoms with E-state index in [1.54, 1.807) is 0 Å². The third kappa shape index (κ3) is 4.64. The molecule has 1 aliphatic heterocycles. The highest BCUT2D eigenvalue weighted by Crippen LogP contribution is 2.28. The fourth-order valence-corrected chi connectivity index (χ4v) is 4.58. The summed E-state index contributed by atoms with van der Waals surface area (Å²) in [5.41, 5.74) is 2.95. The van der Waals surface area contributed by atoms with Crippen LogP contribution in [0.3, 0.4) is 0 Å². The van der Waals surface area contributed by atoms with E-state index in [4.69, 9.17) is 4.74 Å². The third-order valence-corrected chi connectivity index (χ3v) is 6.46. The van der Waals surface area contributed by atoms with Gasteiger partial charge in [-0.2, -0.15) is 0 Å². The number of quaternary nitrogens is 1. The standard InChI is InChI=1S/C25H29N3O3/c1-17(28-14-12-19(13-15-28)16-18-8-4-3-5-9-18)24(29)27-22-20-10-6-7-11-21(20)26-23(22)25(30)31-2/h3-11,17,19,26H,12-16H2,1-2H3,(H,27,29)/p+1/t17-/m0/s1. The zero-order chi connectivity index (χ0) is 21.8. The summed E-state index contributed by atoms with van der Waals surface area (Å²) in [7, 11) is 1.34. The molecule has 3 aromatic rings. The van der Waals surface area contributed by atoms with Gasteiger partial charge >= 0.3 is 5.97 Å². The van der Waals surface area contributed by atoms with Crippen molar-refractivity contribution >= 4 is 28.5 Å². The number of amides is 1. The summed E-state index contributed by atoms with van der Waals surface area (Å²) in [6.45, 7) is 3.92. The Morgan fingerprint density at radius 2 is 1.77 bits per heavy atom. The molecule has 31 heavy (non-hydrogen) atoms. The zero-order valence-corrected chi connectivity index (χ0v) is 18.1. The summed E-state index contributed by atoms with van der Waals surface area (Å²) >= 11 is 0. The second-order valence-electron chi connectivity index (χ2n) is 8.41. The Balaban J connectivity index is 1.41. The average molecular weight is 421 g/mol. The topological polar surface area (TPSA) is 75.6 Å². The normalized spacial score (nSPS) is 19.7. The number of fused-ring (bicyclic) bond motifs is 1. The van der Waals surface area contributed by atoms with Crippen molar-refractivity contribution in [2.45, 2.75) is 32.2 Å². The van der Waals surface area contributed by atoms with Gasteiger partial charge in [0.1, 0.15) is 5.69 Å². The quantitative estimate of drug-likeness (QED) is 0.537. The number of ether oxygens (including phenoxy) is 1. The molecule has 6 nitrogen and oxygen atoms in total. The smallest absolute Gasteiger partial charge is 0.356 e. The van der Waals surface area contributed by atoms with Crippen molar-refractivity contribution < 1.29 is 19.2 Å². The molecule has 2 heterocycles. The molecule has 0 radical (unpaired) electrons. The maximum atomic E-state index is 13.1. The minimum absolute atomic E-state index is 0.0774. The van der Waals surface area contributed by atoms with Crippen LogP contribution in [0.25, 0.3) is 10.9 Å². The molecule has 0 bridgehead atoms. The first-order chi connectivity index (χ1) is 15.1. The lowest BCUT2D eigenvalue weighted by Crippen LogP contribution is -3.17. The first-order valence-corrected chi connectivity index (χ1v) is 10.9. The average Bonchev–Trinajstić information content (AvgIpc) is 3.17. The van der Waals surface area contributed by atoms with Gasteiger partial charge in [0.05, 0.1) is 25.9 Å². The number of carbonyl (C=O) groups is 2. The molecule has 162 valence electrons. The number of anilines is 1. The Morgan fingerprint density at radius 3 is 2.48 bits per heavy atom. The Morgan fingerprint density at radius 1 is 1.10 bits per heavy atom. The van der Waals surface area contributed by atoms with Crippen LogP contribution in [0.1, 0.15) is 35.8 Å². The molecule has 1 aromatic heterocycles. The lowest BCUT2D eigenvalue weighted by molar-refractivity contribution is -0.919. The summed E-state index contributed by atoms with van der Waals surface area (Å²) < 4.78 is 4.90. The number of para-hydroxylation sites is 1. The second kappa shape index (κ2) is 9.35. The molecule has 6 heteroatoms. The Labute approximate surface area is 182 Å². The predicted octanol–water partition coefficient (Wildman–Crippen LogP) is 2.82. The fraction of sp³-hybridized carbons (Fsp3) is 0.360. The van der Waals surface area contributed by atoms with Crippen LogP contribution >= 0.6 is 0 Å². The molecule has 0 saturated carbocycles. The maximum absolute atomic E-state index is 13.1. The number of H-pyrrole nitrogens is 1. The monoisotopic (exact) mass is 420 g/mol. The number of aromatic nitrogens is 1. The van der Waals surface area contributed by atoms with Crippen LogP contribution in [0.2, 0.25) is 0 Å². The highest BCUT2D eigenvalue weighted by atomic mass is 16.5. The summed E-state index contributed by atoms with van der Waals surface area (Å²) in [6, 6.07) is 18.0. The van der Waals surface area contributed by atoms with E-state index in [-0.39, 0.29) is 17.6 Å². The highest BCUT2D eigenvalue weighted by molar-refractivity contribution is 6.11. The van der Waals surface area contributed by atoms with Gasteiger partial charge < -0.3 is 19.9 Å². The van der Waals surface area contributed by atoms with Crippen LogP contribution in [0.5, 0.6) is 0 Å². The van der Waals surface area contributed by atoms with Crippen LogP contribution in [0, 0.1) is 5.92 Å². The molecule has 0 spiro atoms. The van der Waals surface area contributed by atoms with Crippen molar-refractivity contribution in [3.8, 4) is 0 Å². The molecule has 1 aliphatic rings. The number of hydrogen-bond donors (Lipinski definition) is 3. The van der Waals surface area contributed by atoms with Gasteiger partial charge in [0, 0.05) is 10.9 Å². The predicted molar refractivity (Wildman–Crippen MR) is 121 cm³/mol. The van der Waals surface area contributed by atoms with Gasteiger partial charge in [0.2, 0.25) is 0 Å². The lowest BCUT2D eigenvalue weighted by atomic mass is 9.89. The van der Waals surface area contributed by atoms with E-state index in [2.05, 4.69) is 40.6 Å². The highest BCUT2D eigenvalue weighted by Gasteiger charge is 2.31. The molecule has 1 fully saturated rings. The van der Waals surface area contributed by atoms with Gasteiger partial charge in [-0.25, -0.2) is 4.79 Å². The first-order valence-electron chi connectivity index (χ1n) is 10.9. The SMILES string of the molecule is COC(=O)c1[nH]c2ccccc2c1NC(=O)[C@H](C)[NH+]1CCC(Cc2ccccc2)CC1. The maximum Gasteiger partial charge on any atom is 0.356 e. The number of benzene rings is 2. The van der Waals surface area contributed by atoms with Crippen LogP contribution in [-0.4, -0.2) is 43.1 Å². The van der Waals surface area contributed by atoms with Gasteiger partial charge in [-0.15, -0.1) is 0 Å². The van der Waals surface area contributed by atoms with Crippen molar-refractivity contribution in [2.75, 3.05) is 25.5 Å². The molecule has 0 unspecified atom stereocenters. The van der Waals surface area contributed by atoms with E-state index in [9.17, 15) is 9.59 Å². The van der Waals surface area contributed by atoms with Crippen LogP contribution in [0.15, 0.2) is 54.6 Å². The number of aromatic amines is 1. The van der Waals surface area contributed by atoms with Crippen molar-refractivity contribution in [1.82, 2.24) is 4.98 Å². The van der Waals surface area contributed by atoms with Gasteiger partial charge in [0.15, 0.2) is 6.04 Å². The first kappa shape index (κ1) is 21.1. The van der Waals surface area contributed by atoms with Crippen LogP contribution in [-0.2, 0) is 16.0 Å². The largest absolute Gasteiger partial charge is 0.464 e. The minimum atomic E-state index is -0.492. The summed E-state index contributed by atoms with van der Waals surface area (Å²) in [5, 5.41) is 3.81. The molecule has 2 aromatic carbocycles. The number of methoxy groups -OCH3 is 1. The number of esters is 1. The van der Waals surface area contributed by atoms with Crippen molar-refractivity contribution in [3.05, 3.63) is 65.9 Å². The van der Waals surface area contributed by atoms with Gasteiger partial charge in [-0.05, 0) is 43.7 Å². The van der Waals surface area contributed by atoms with E-state index < -0.39 is 5.97 Å². The number of hydrogen-bond acceptors (Lipinski definition) is 3. The van der Waals surface area contributed by atoms with Crippen molar-refractivity contribution in [3.63, 3.8) is 0 Å². The summed E-state index contributed by atoms with van der Waals surface area (Å²) in [5.74, 6) is 0.0978. The Kier molecular flexibility index (Phi) is 6.37. The van der Waals surface area contributed by atoms with E-state index in [1.165, 1.54) is 17.6 Å². The number of nitrogens with one attached hydrogen (secondary N) is 3. The van der Waals surface area contributed by atoms with E-state index in [0.29, 0.717) is 11.6 Å². The molecule has 1 amide bonds. The van der Waals surface area contributed by atoms with E-state index in [1.807, 2.05) is 31.2 Å². The lowest BCUT2D eigenvalue weighted by Gasteiger charge is -2.32. The molecular formula is C25H30N3O3+. The number of carbonyl (C=O) groups excluding carboxylic acids is 2. The minimum Gasteiger partial charge on any atom is -0.464 e. The molecule has 1 saturated heterocycles.